The maximum absolute atomic E-state index is 12.4. The summed E-state index contributed by atoms with van der Waals surface area (Å²) >= 11 is 0. The van der Waals surface area contributed by atoms with Crippen LogP contribution in [0.2, 0.25) is 0 Å². The van der Waals surface area contributed by atoms with Crippen LogP contribution in [0.3, 0.4) is 0 Å². The first-order valence-electron chi connectivity index (χ1n) is 9.06. The third kappa shape index (κ3) is 8.02. The Labute approximate surface area is 142 Å². The molecule has 0 aromatic heterocycles. The molecule has 5 heteroatoms. The van der Waals surface area contributed by atoms with Gasteiger partial charge in [-0.25, -0.2) is 4.79 Å². The average molecular weight is 328 g/mol. The topological polar surface area (TPSA) is 50.8 Å². The minimum Gasteiger partial charge on any atom is -0.444 e. The maximum atomic E-state index is 12.4. The van der Waals surface area contributed by atoms with E-state index < -0.39 is 5.60 Å². The second-order valence-corrected chi connectivity index (χ2v) is 7.69. The van der Waals surface area contributed by atoms with Crippen molar-refractivity contribution in [3.05, 3.63) is 0 Å². The zero-order valence-corrected chi connectivity index (χ0v) is 15.9. The molecule has 0 spiro atoms. The highest BCUT2D eigenvalue weighted by Gasteiger charge is 2.31. The van der Waals surface area contributed by atoms with Gasteiger partial charge < -0.3 is 19.7 Å². The zero-order valence-electron chi connectivity index (χ0n) is 15.9. The van der Waals surface area contributed by atoms with Crippen molar-refractivity contribution in [1.82, 2.24) is 10.2 Å². The van der Waals surface area contributed by atoms with Gasteiger partial charge in [0, 0.05) is 31.3 Å². The van der Waals surface area contributed by atoms with Gasteiger partial charge in [0.2, 0.25) is 0 Å². The Morgan fingerprint density at radius 2 is 1.96 bits per heavy atom. The summed E-state index contributed by atoms with van der Waals surface area (Å²) in [5, 5.41) is 3.57. The smallest absolute Gasteiger partial charge is 0.410 e. The molecule has 5 nitrogen and oxygen atoms in total. The molecule has 1 aliphatic heterocycles. The Bertz CT molecular complexity index is 355. The van der Waals surface area contributed by atoms with Crippen molar-refractivity contribution in [3.8, 4) is 0 Å². The quantitative estimate of drug-likeness (QED) is 0.776. The van der Waals surface area contributed by atoms with E-state index in [1.165, 1.54) is 6.42 Å². The molecule has 0 aromatic rings. The molecule has 1 aliphatic rings. The van der Waals surface area contributed by atoms with Crippen molar-refractivity contribution < 1.29 is 14.3 Å². The lowest BCUT2D eigenvalue weighted by molar-refractivity contribution is 0.00759. The number of ether oxygens (including phenoxy) is 2. The van der Waals surface area contributed by atoms with Gasteiger partial charge in [0.15, 0.2) is 0 Å². The van der Waals surface area contributed by atoms with Gasteiger partial charge in [-0.05, 0) is 67.2 Å². The number of likely N-dealkylation sites (tertiary alicyclic amines) is 1. The molecule has 0 saturated carbocycles. The van der Waals surface area contributed by atoms with E-state index in [-0.39, 0.29) is 12.1 Å². The number of rotatable bonds is 7. The highest BCUT2D eigenvalue weighted by molar-refractivity contribution is 5.68. The van der Waals surface area contributed by atoms with Crippen molar-refractivity contribution in [2.24, 2.45) is 0 Å². The number of carbonyl (C=O) groups excluding carboxylic acids is 1. The molecule has 0 aliphatic carbocycles. The van der Waals surface area contributed by atoms with Gasteiger partial charge in [0.1, 0.15) is 5.60 Å². The highest BCUT2D eigenvalue weighted by Crippen LogP contribution is 2.23. The first-order valence-corrected chi connectivity index (χ1v) is 9.06. The van der Waals surface area contributed by atoms with Crippen molar-refractivity contribution in [2.75, 3.05) is 19.8 Å². The van der Waals surface area contributed by atoms with E-state index in [4.69, 9.17) is 9.47 Å². The molecular weight excluding hydrogens is 292 g/mol. The van der Waals surface area contributed by atoms with E-state index in [1.807, 2.05) is 32.6 Å². The Morgan fingerprint density at radius 3 is 2.57 bits per heavy atom. The van der Waals surface area contributed by atoms with Crippen molar-refractivity contribution in [2.45, 2.75) is 91.0 Å². The average Bonchev–Trinajstić information content (AvgIpc) is 2.43. The molecule has 1 amide bonds. The monoisotopic (exact) mass is 328 g/mol. The zero-order chi connectivity index (χ0) is 17.5. The second kappa shape index (κ2) is 9.48. The van der Waals surface area contributed by atoms with Crippen LogP contribution >= 0.6 is 0 Å². The van der Waals surface area contributed by atoms with Crippen LogP contribution in [0.1, 0.15) is 67.2 Å². The first-order chi connectivity index (χ1) is 10.7. The fourth-order valence-corrected chi connectivity index (χ4v) is 3.11. The Kier molecular flexibility index (Phi) is 8.34. The Balaban J connectivity index is 2.52. The van der Waals surface area contributed by atoms with Gasteiger partial charge in [-0.2, -0.15) is 0 Å². The highest BCUT2D eigenvalue weighted by atomic mass is 16.6. The fourth-order valence-electron chi connectivity index (χ4n) is 3.11. The van der Waals surface area contributed by atoms with Gasteiger partial charge >= 0.3 is 6.09 Å². The maximum Gasteiger partial charge on any atom is 0.410 e. The summed E-state index contributed by atoms with van der Waals surface area (Å²) in [5.74, 6) is 0. The van der Waals surface area contributed by atoms with E-state index in [0.717, 1.165) is 39.0 Å². The van der Waals surface area contributed by atoms with Crippen LogP contribution in [-0.2, 0) is 9.47 Å². The van der Waals surface area contributed by atoms with Crippen molar-refractivity contribution in [1.29, 1.82) is 0 Å². The van der Waals surface area contributed by atoms with Crippen LogP contribution in [0.15, 0.2) is 0 Å². The molecule has 3 atom stereocenters. The van der Waals surface area contributed by atoms with Crippen LogP contribution in [0.25, 0.3) is 0 Å². The van der Waals surface area contributed by atoms with E-state index in [9.17, 15) is 4.79 Å². The number of nitrogens with zero attached hydrogens (tertiary/aromatic N) is 1. The fraction of sp³-hybridized carbons (Fsp3) is 0.944. The summed E-state index contributed by atoms with van der Waals surface area (Å²) in [6.07, 6.45) is 4.10. The van der Waals surface area contributed by atoms with Gasteiger partial charge in [0.05, 0.1) is 6.61 Å². The summed E-state index contributed by atoms with van der Waals surface area (Å²) in [7, 11) is 0. The molecule has 1 N–H and O–H groups in total. The SMILES string of the molecule is CCOCC(C)NC(C)CC1CCCCN1C(=O)OC(C)(C)C. The molecule has 0 bridgehead atoms. The number of piperidine rings is 1. The predicted octanol–water partition coefficient (Wildman–Crippen LogP) is 3.57. The second-order valence-electron chi connectivity index (χ2n) is 7.69. The van der Waals surface area contributed by atoms with Crippen LogP contribution < -0.4 is 5.32 Å². The molecule has 0 aromatic carbocycles. The largest absolute Gasteiger partial charge is 0.444 e. The Morgan fingerprint density at radius 1 is 1.26 bits per heavy atom. The normalized spacial score (nSPS) is 21.8. The number of carbonyl (C=O) groups is 1. The van der Waals surface area contributed by atoms with Crippen molar-refractivity contribution in [3.63, 3.8) is 0 Å². The lowest BCUT2D eigenvalue weighted by Gasteiger charge is -2.38. The lowest BCUT2D eigenvalue weighted by atomic mass is 9.96. The minimum atomic E-state index is -0.436. The summed E-state index contributed by atoms with van der Waals surface area (Å²) in [4.78, 5) is 14.4. The van der Waals surface area contributed by atoms with Crippen LogP contribution in [0.4, 0.5) is 4.79 Å². The number of hydrogen-bond donors (Lipinski definition) is 1. The van der Waals surface area contributed by atoms with Crippen molar-refractivity contribution >= 4 is 6.09 Å². The number of hydrogen-bond acceptors (Lipinski definition) is 4. The number of amides is 1. The summed E-state index contributed by atoms with van der Waals surface area (Å²) in [6.45, 7) is 14.4. The molecule has 1 fully saturated rings. The molecule has 3 unspecified atom stereocenters. The number of nitrogens with one attached hydrogen (secondary N) is 1. The van der Waals surface area contributed by atoms with Gasteiger partial charge in [-0.1, -0.05) is 0 Å². The summed E-state index contributed by atoms with van der Waals surface area (Å²) in [5.41, 5.74) is -0.436. The molecule has 0 radical (unpaired) electrons. The molecule has 1 heterocycles. The third-order valence-electron chi connectivity index (χ3n) is 4.02. The van der Waals surface area contributed by atoms with Gasteiger partial charge in [0.25, 0.3) is 0 Å². The molecule has 1 saturated heterocycles. The summed E-state index contributed by atoms with van der Waals surface area (Å²) in [6, 6.07) is 0.933. The predicted molar refractivity (Wildman–Crippen MR) is 93.7 cm³/mol. The van der Waals surface area contributed by atoms with Crippen LogP contribution in [-0.4, -0.2) is 54.5 Å². The van der Waals surface area contributed by atoms with Crippen LogP contribution in [0, 0.1) is 0 Å². The lowest BCUT2D eigenvalue weighted by Crippen LogP contribution is -2.49. The van der Waals surface area contributed by atoms with Gasteiger partial charge in [-0.3, -0.25) is 0 Å². The van der Waals surface area contributed by atoms with Gasteiger partial charge in [-0.15, -0.1) is 0 Å². The molecular formula is C18H36N2O3. The molecule has 1 rings (SSSR count). The van der Waals surface area contributed by atoms with E-state index in [1.54, 1.807) is 0 Å². The first kappa shape index (κ1) is 20.2. The molecule has 23 heavy (non-hydrogen) atoms. The van der Waals surface area contributed by atoms with Crippen LogP contribution in [0.5, 0.6) is 0 Å². The van der Waals surface area contributed by atoms with E-state index in [2.05, 4.69) is 19.2 Å². The third-order valence-corrected chi connectivity index (χ3v) is 4.02. The van der Waals surface area contributed by atoms with E-state index >= 15 is 0 Å². The molecule has 136 valence electrons. The van der Waals surface area contributed by atoms with E-state index in [0.29, 0.717) is 12.1 Å². The summed E-state index contributed by atoms with van der Waals surface area (Å²) < 4.78 is 11.0. The minimum absolute atomic E-state index is 0.170. The Hall–Kier alpha value is -0.810. The standard InChI is InChI=1S/C18H36N2O3/c1-7-22-13-15(3)19-14(2)12-16-10-8-9-11-20(16)17(21)23-18(4,5)6/h14-16,19H,7-13H2,1-6H3.